The van der Waals surface area contributed by atoms with Crippen molar-refractivity contribution in [2.24, 2.45) is 0 Å². The number of anilines is 2. The Bertz CT molecular complexity index is 1590. The third-order valence-corrected chi connectivity index (χ3v) is 7.06. The molecule has 0 aliphatic carbocycles. The lowest BCUT2D eigenvalue weighted by molar-refractivity contribution is -0.137. The maximum Gasteiger partial charge on any atom is 0.416 e. The van der Waals surface area contributed by atoms with Gasteiger partial charge in [0.05, 0.1) is 11.6 Å². The van der Waals surface area contributed by atoms with Gasteiger partial charge < -0.3 is 20.7 Å². The van der Waals surface area contributed by atoms with Crippen LogP contribution in [0.3, 0.4) is 0 Å². The van der Waals surface area contributed by atoms with E-state index in [0.717, 1.165) is 37.0 Å². The van der Waals surface area contributed by atoms with Crippen molar-refractivity contribution in [2.75, 3.05) is 24.2 Å². The van der Waals surface area contributed by atoms with Crippen molar-refractivity contribution in [2.45, 2.75) is 31.0 Å². The van der Waals surface area contributed by atoms with Gasteiger partial charge in [0.2, 0.25) is 0 Å². The second-order valence-corrected chi connectivity index (χ2v) is 9.47. The van der Waals surface area contributed by atoms with Crippen LogP contribution in [0.4, 0.5) is 29.6 Å². The Hall–Kier alpha value is -4.68. The quantitative estimate of drug-likeness (QED) is 0.396. The fourth-order valence-corrected chi connectivity index (χ4v) is 5.10. The summed E-state index contributed by atoms with van der Waals surface area (Å²) in [6.45, 7) is 0.882. The van der Waals surface area contributed by atoms with Crippen molar-refractivity contribution < 1.29 is 27.5 Å². The molecule has 200 valence electrons. The minimum atomic E-state index is -4.55. The number of benzene rings is 1. The van der Waals surface area contributed by atoms with Crippen molar-refractivity contribution in [3.63, 3.8) is 0 Å². The number of halogens is 3. The van der Waals surface area contributed by atoms with E-state index >= 15 is 0 Å². The highest BCUT2D eigenvalue weighted by Crippen LogP contribution is 2.37. The second-order valence-electron chi connectivity index (χ2n) is 9.47. The summed E-state index contributed by atoms with van der Waals surface area (Å²) in [5, 5.41) is 2.40. The molecule has 1 aromatic carbocycles. The number of carbonyl (C=O) groups excluding carboxylic acids is 2. The van der Waals surface area contributed by atoms with Crippen molar-refractivity contribution in [3.05, 3.63) is 71.9 Å². The maximum atomic E-state index is 13.0. The van der Waals surface area contributed by atoms with Gasteiger partial charge in [-0.05, 0) is 37.1 Å². The first kappa shape index (κ1) is 24.6. The molecule has 2 aliphatic rings. The van der Waals surface area contributed by atoms with Gasteiger partial charge in [0.15, 0.2) is 0 Å². The topological polar surface area (TPSA) is 128 Å². The van der Waals surface area contributed by atoms with E-state index in [9.17, 15) is 22.8 Å². The van der Waals surface area contributed by atoms with Gasteiger partial charge in [0.1, 0.15) is 35.3 Å². The smallest absolute Gasteiger partial charge is 0.416 e. The van der Waals surface area contributed by atoms with E-state index in [4.69, 9.17) is 15.5 Å². The number of fused-ring (bicyclic) bond motifs is 2. The highest BCUT2D eigenvalue weighted by Gasteiger charge is 2.40. The van der Waals surface area contributed by atoms with Crippen LogP contribution in [0.1, 0.15) is 40.5 Å². The Kier molecular flexibility index (Phi) is 5.85. The van der Waals surface area contributed by atoms with E-state index in [2.05, 4.69) is 15.3 Å². The number of hydrogen-bond acceptors (Lipinski definition) is 7. The molecule has 0 radical (unpaired) electrons. The largest absolute Gasteiger partial charge is 0.447 e. The molecule has 0 saturated carbocycles. The zero-order valence-corrected chi connectivity index (χ0v) is 20.4. The number of carbonyl (C=O) groups is 2. The van der Waals surface area contributed by atoms with Crippen LogP contribution in [-0.4, -0.2) is 55.4 Å². The lowest BCUT2D eigenvalue weighted by atomic mass is 9.93. The molecule has 2 saturated heterocycles. The third-order valence-electron chi connectivity index (χ3n) is 7.06. The molecule has 39 heavy (non-hydrogen) atoms. The van der Waals surface area contributed by atoms with Gasteiger partial charge >= 0.3 is 12.3 Å². The Morgan fingerprint density at radius 1 is 1.10 bits per heavy atom. The molecule has 10 nitrogen and oxygen atoms in total. The number of amides is 2. The number of hydrogen-bond donors (Lipinski definition) is 2. The summed E-state index contributed by atoms with van der Waals surface area (Å²) in [5.41, 5.74) is 7.39. The maximum absolute atomic E-state index is 13.0. The molecular formula is C26H22F3N7O3. The van der Waals surface area contributed by atoms with E-state index in [1.54, 1.807) is 41.6 Å². The zero-order chi connectivity index (χ0) is 27.3. The van der Waals surface area contributed by atoms with E-state index in [1.807, 2.05) is 4.40 Å². The van der Waals surface area contributed by atoms with Crippen LogP contribution in [0, 0.1) is 0 Å². The Labute approximate surface area is 219 Å². The van der Waals surface area contributed by atoms with E-state index in [0.29, 0.717) is 29.9 Å². The molecule has 0 bridgehead atoms. The number of alkyl halides is 3. The highest BCUT2D eigenvalue weighted by atomic mass is 19.4. The lowest BCUT2D eigenvalue weighted by Crippen LogP contribution is -2.41. The van der Waals surface area contributed by atoms with Crippen LogP contribution in [0.5, 0.6) is 0 Å². The molecule has 2 aliphatic heterocycles. The Morgan fingerprint density at radius 3 is 2.67 bits per heavy atom. The van der Waals surface area contributed by atoms with Gasteiger partial charge in [-0.2, -0.15) is 13.2 Å². The molecule has 13 heteroatoms. The number of cyclic esters (lactones) is 1. The number of rotatable bonds is 4. The number of ether oxygens (including phenoxy) is 1. The molecular weight excluding hydrogens is 515 g/mol. The number of imidazole rings is 1. The Balaban J connectivity index is 1.28. The van der Waals surface area contributed by atoms with Gasteiger partial charge in [-0.3, -0.25) is 9.20 Å². The summed E-state index contributed by atoms with van der Waals surface area (Å²) in [4.78, 5) is 39.5. The zero-order valence-electron chi connectivity index (χ0n) is 20.4. The fraction of sp³-hybridized carbons (Fsp3) is 0.269. The number of nitrogens with two attached hydrogens (primary N) is 1. The lowest BCUT2D eigenvalue weighted by Gasteiger charge is -2.31. The van der Waals surface area contributed by atoms with Crippen LogP contribution in [0.2, 0.25) is 0 Å². The minimum absolute atomic E-state index is 0.0417. The molecule has 3 aromatic heterocycles. The van der Waals surface area contributed by atoms with Gasteiger partial charge in [0.25, 0.3) is 5.91 Å². The van der Waals surface area contributed by atoms with Crippen molar-refractivity contribution in [3.8, 4) is 11.3 Å². The molecule has 0 unspecified atom stereocenters. The molecule has 2 fully saturated rings. The number of nitrogens with one attached hydrogen (secondary N) is 1. The number of pyridine rings is 1. The van der Waals surface area contributed by atoms with Crippen molar-refractivity contribution >= 4 is 29.2 Å². The number of nitrogen functional groups attached to an aromatic ring is 1. The summed E-state index contributed by atoms with van der Waals surface area (Å²) in [5.74, 6) is 0.154. The molecule has 3 N–H and O–H groups in total. The normalized spacial score (nSPS) is 19.2. The fourth-order valence-electron chi connectivity index (χ4n) is 5.10. The van der Waals surface area contributed by atoms with Gasteiger partial charge in [-0.1, -0.05) is 12.1 Å². The van der Waals surface area contributed by atoms with Crippen LogP contribution in [0.15, 0.2) is 55.0 Å². The van der Waals surface area contributed by atoms with Crippen molar-refractivity contribution in [1.29, 1.82) is 0 Å². The standard InChI is InChI=1S/C26H22F3N7O3/c27-26(28,29)17-7-8-31-19(11-17)33-24(37)15-3-1-14(2-4-15)20-21-22(30)32-9-10-35(21)23(34-20)16-5-6-18-13-39-25(38)36(18)12-16/h1-4,7-11,16,18H,5-6,12-13H2,(H2,30,32)(H,31,33,37)/t16-,18+/m1/s1. The van der Waals surface area contributed by atoms with Gasteiger partial charge in [-0.25, -0.2) is 19.7 Å². The first-order chi connectivity index (χ1) is 18.7. The molecule has 6 rings (SSSR count). The average Bonchev–Trinajstić information content (AvgIpc) is 3.50. The summed E-state index contributed by atoms with van der Waals surface area (Å²) >= 11 is 0. The summed E-state index contributed by atoms with van der Waals surface area (Å²) < 4.78 is 46.0. The minimum Gasteiger partial charge on any atom is -0.447 e. The van der Waals surface area contributed by atoms with Gasteiger partial charge in [-0.15, -0.1) is 0 Å². The first-order valence-electron chi connectivity index (χ1n) is 12.2. The summed E-state index contributed by atoms with van der Waals surface area (Å²) in [6, 6.07) is 8.13. The van der Waals surface area contributed by atoms with E-state index in [-0.39, 0.29) is 35.3 Å². The predicted molar refractivity (Wildman–Crippen MR) is 134 cm³/mol. The SMILES string of the molecule is Nc1nccn2c([C@@H]3CC[C@H]4COC(=O)N4C3)nc(-c3ccc(C(=O)Nc4cc(C(F)(F)F)ccn4)cc3)c12. The van der Waals surface area contributed by atoms with Crippen LogP contribution in [0.25, 0.3) is 16.8 Å². The van der Waals surface area contributed by atoms with E-state index in [1.165, 1.54) is 0 Å². The van der Waals surface area contributed by atoms with Crippen molar-refractivity contribution in [1.82, 2.24) is 24.3 Å². The number of nitrogens with zero attached hydrogens (tertiary/aromatic N) is 5. The van der Waals surface area contributed by atoms with Crippen LogP contribution >= 0.6 is 0 Å². The summed E-state index contributed by atoms with van der Waals surface area (Å²) in [6.07, 6.45) is 1.09. The first-order valence-corrected chi connectivity index (χ1v) is 12.2. The molecule has 2 atom stereocenters. The van der Waals surface area contributed by atoms with Crippen LogP contribution in [-0.2, 0) is 10.9 Å². The van der Waals surface area contributed by atoms with E-state index < -0.39 is 17.6 Å². The molecule has 2 amide bonds. The Morgan fingerprint density at radius 2 is 1.90 bits per heavy atom. The molecule has 4 aromatic rings. The summed E-state index contributed by atoms with van der Waals surface area (Å²) in [7, 11) is 0. The van der Waals surface area contributed by atoms with Crippen LogP contribution < -0.4 is 11.1 Å². The third kappa shape index (κ3) is 4.49. The average molecular weight is 538 g/mol. The second kappa shape index (κ2) is 9.26. The molecule has 0 spiro atoms. The monoisotopic (exact) mass is 537 g/mol. The predicted octanol–water partition coefficient (Wildman–Crippen LogP) is 4.34. The number of aromatic nitrogens is 4. The number of piperidine rings is 1. The highest BCUT2D eigenvalue weighted by molar-refractivity contribution is 6.04. The van der Waals surface area contributed by atoms with Gasteiger partial charge in [0, 0.05) is 42.2 Å². The molecule has 5 heterocycles.